The fraction of sp³-hybridized carbons (Fsp3) is 0. The van der Waals surface area contributed by atoms with Gasteiger partial charge in [0.15, 0.2) is 0 Å². The molecule has 0 heterocycles. The van der Waals surface area contributed by atoms with Crippen LogP contribution in [-0.2, 0) is 4.79 Å². The fourth-order valence-corrected chi connectivity index (χ4v) is 1.26. The number of benzene rings is 1. The number of hydrogen-bond donors (Lipinski definition) is 1. The van der Waals surface area contributed by atoms with Crippen molar-refractivity contribution < 1.29 is 9.90 Å². The van der Waals surface area contributed by atoms with Crippen molar-refractivity contribution >= 4 is 46.7 Å². The molecular formula is C10H6ClNO2S. The number of thiocarbonyl (C=S) groups is 1. The number of halogens is 1. The predicted octanol–water partition coefficient (Wildman–Crippen LogP) is 3.17. The zero-order chi connectivity index (χ0) is 11.3. The molecule has 1 N–H and O–H groups in total. The van der Waals surface area contributed by atoms with Gasteiger partial charge in [0, 0.05) is 6.08 Å². The van der Waals surface area contributed by atoms with Crippen LogP contribution in [0.2, 0.25) is 5.02 Å². The Morgan fingerprint density at radius 2 is 2.33 bits per heavy atom. The van der Waals surface area contributed by atoms with Gasteiger partial charge < -0.3 is 5.11 Å². The van der Waals surface area contributed by atoms with Crippen LogP contribution in [0.25, 0.3) is 6.08 Å². The monoisotopic (exact) mass is 239 g/mol. The molecule has 1 aromatic carbocycles. The van der Waals surface area contributed by atoms with E-state index in [9.17, 15) is 4.79 Å². The van der Waals surface area contributed by atoms with E-state index in [2.05, 4.69) is 22.4 Å². The Morgan fingerprint density at radius 3 is 2.87 bits per heavy atom. The van der Waals surface area contributed by atoms with Crippen LogP contribution in [0.1, 0.15) is 5.56 Å². The molecule has 0 aliphatic heterocycles. The Labute approximate surface area is 96.7 Å². The van der Waals surface area contributed by atoms with E-state index in [1.54, 1.807) is 18.2 Å². The minimum Gasteiger partial charge on any atom is -0.478 e. The molecule has 15 heavy (non-hydrogen) atoms. The minimum atomic E-state index is -1.01. The van der Waals surface area contributed by atoms with Gasteiger partial charge in [-0.2, -0.15) is 4.99 Å². The molecule has 1 rings (SSSR count). The van der Waals surface area contributed by atoms with Gasteiger partial charge >= 0.3 is 5.97 Å². The molecule has 0 aliphatic carbocycles. The zero-order valence-corrected chi connectivity index (χ0v) is 9.05. The quantitative estimate of drug-likeness (QED) is 0.501. The SMILES string of the molecule is O=C(O)C=Cc1ccc(N=C=S)c(Cl)c1. The van der Waals surface area contributed by atoms with Crippen molar-refractivity contribution in [1.82, 2.24) is 0 Å². The molecule has 0 aromatic heterocycles. The standard InChI is InChI=1S/C10H6ClNO2S/c11-8-5-7(2-4-10(13)14)1-3-9(8)12-6-15/h1-5H,(H,13,14). The van der Waals surface area contributed by atoms with E-state index < -0.39 is 5.97 Å². The smallest absolute Gasteiger partial charge is 0.328 e. The van der Waals surface area contributed by atoms with Crippen molar-refractivity contribution in [1.29, 1.82) is 0 Å². The summed E-state index contributed by atoms with van der Waals surface area (Å²) in [6.45, 7) is 0. The summed E-state index contributed by atoms with van der Waals surface area (Å²) in [6, 6.07) is 4.94. The van der Waals surface area contributed by atoms with E-state index in [1.807, 2.05) is 0 Å². The van der Waals surface area contributed by atoms with Gasteiger partial charge in [-0.3, -0.25) is 0 Å². The summed E-state index contributed by atoms with van der Waals surface area (Å²) in [5.41, 5.74) is 1.20. The van der Waals surface area contributed by atoms with Crippen molar-refractivity contribution in [2.45, 2.75) is 0 Å². The van der Waals surface area contributed by atoms with Crippen LogP contribution in [0.15, 0.2) is 29.3 Å². The zero-order valence-electron chi connectivity index (χ0n) is 7.48. The topological polar surface area (TPSA) is 49.7 Å². The van der Waals surface area contributed by atoms with Gasteiger partial charge in [0.2, 0.25) is 0 Å². The lowest BCUT2D eigenvalue weighted by atomic mass is 10.2. The van der Waals surface area contributed by atoms with Crippen LogP contribution in [0.5, 0.6) is 0 Å². The number of aliphatic carboxylic acids is 1. The van der Waals surface area contributed by atoms with Crippen molar-refractivity contribution in [2.24, 2.45) is 4.99 Å². The Morgan fingerprint density at radius 1 is 1.60 bits per heavy atom. The van der Waals surface area contributed by atoms with Crippen LogP contribution in [0.3, 0.4) is 0 Å². The molecule has 0 amide bonds. The second kappa shape index (κ2) is 5.41. The van der Waals surface area contributed by atoms with Gasteiger partial charge in [-0.25, -0.2) is 4.79 Å². The van der Waals surface area contributed by atoms with Crippen molar-refractivity contribution in [3.8, 4) is 0 Å². The van der Waals surface area contributed by atoms with E-state index in [0.29, 0.717) is 16.3 Å². The van der Waals surface area contributed by atoms with Gasteiger partial charge in [-0.05, 0) is 36.0 Å². The summed E-state index contributed by atoms with van der Waals surface area (Å²) < 4.78 is 0. The normalized spacial score (nSPS) is 9.93. The highest BCUT2D eigenvalue weighted by Gasteiger charge is 1.98. The van der Waals surface area contributed by atoms with E-state index in [1.165, 1.54) is 6.08 Å². The average Bonchev–Trinajstić information content (AvgIpc) is 2.19. The molecule has 0 radical (unpaired) electrons. The Hall–Kier alpha value is -1.48. The first-order chi connectivity index (χ1) is 7.13. The van der Waals surface area contributed by atoms with Gasteiger partial charge in [0.05, 0.1) is 15.9 Å². The van der Waals surface area contributed by atoms with Crippen LogP contribution < -0.4 is 0 Å². The number of carboxylic acid groups (broad SMARTS) is 1. The van der Waals surface area contributed by atoms with E-state index >= 15 is 0 Å². The molecule has 5 heteroatoms. The number of aliphatic imine (C=N–C) groups is 1. The van der Waals surface area contributed by atoms with Gasteiger partial charge in [-0.1, -0.05) is 17.7 Å². The number of rotatable bonds is 3. The second-order valence-electron chi connectivity index (χ2n) is 2.59. The molecule has 0 unspecified atom stereocenters. The molecular weight excluding hydrogens is 234 g/mol. The van der Waals surface area contributed by atoms with E-state index in [0.717, 1.165) is 6.08 Å². The fourth-order valence-electron chi connectivity index (χ4n) is 0.934. The van der Waals surface area contributed by atoms with Crippen LogP contribution >= 0.6 is 23.8 Å². The highest BCUT2D eigenvalue weighted by molar-refractivity contribution is 7.78. The number of nitrogens with zero attached hydrogens (tertiary/aromatic N) is 1. The number of carbonyl (C=O) groups is 1. The van der Waals surface area contributed by atoms with Crippen molar-refractivity contribution in [3.05, 3.63) is 34.9 Å². The predicted molar refractivity (Wildman–Crippen MR) is 62.8 cm³/mol. The third kappa shape index (κ3) is 3.64. The molecule has 0 fully saturated rings. The maximum Gasteiger partial charge on any atom is 0.328 e. The Kier molecular flexibility index (Phi) is 4.18. The number of hydrogen-bond acceptors (Lipinski definition) is 3. The van der Waals surface area contributed by atoms with Crippen LogP contribution in [0.4, 0.5) is 5.69 Å². The lowest BCUT2D eigenvalue weighted by molar-refractivity contribution is -0.131. The molecule has 0 bridgehead atoms. The van der Waals surface area contributed by atoms with Crippen LogP contribution in [-0.4, -0.2) is 16.2 Å². The highest BCUT2D eigenvalue weighted by atomic mass is 35.5. The molecule has 0 saturated carbocycles. The lowest BCUT2D eigenvalue weighted by Gasteiger charge is -1.97. The lowest BCUT2D eigenvalue weighted by Crippen LogP contribution is -1.85. The number of carboxylic acids is 1. The second-order valence-corrected chi connectivity index (χ2v) is 3.18. The molecule has 0 aliphatic rings. The summed E-state index contributed by atoms with van der Waals surface area (Å²) in [5.74, 6) is -1.01. The Balaban J connectivity index is 3.01. The first kappa shape index (κ1) is 11.6. The maximum absolute atomic E-state index is 10.3. The maximum atomic E-state index is 10.3. The van der Waals surface area contributed by atoms with Gasteiger partial charge in [0.25, 0.3) is 0 Å². The summed E-state index contributed by atoms with van der Waals surface area (Å²) in [6.07, 6.45) is 2.48. The van der Waals surface area contributed by atoms with Crippen molar-refractivity contribution in [3.63, 3.8) is 0 Å². The average molecular weight is 240 g/mol. The molecule has 3 nitrogen and oxygen atoms in total. The summed E-state index contributed by atoms with van der Waals surface area (Å²) in [7, 11) is 0. The van der Waals surface area contributed by atoms with E-state index in [4.69, 9.17) is 16.7 Å². The molecule has 1 aromatic rings. The van der Waals surface area contributed by atoms with E-state index in [-0.39, 0.29) is 0 Å². The van der Waals surface area contributed by atoms with Gasteiger partial charge in [0.1, 0.15) is 0 Å². The third-order valence-electron chi connectivity index (χ3n) is 1.56. The van der Waals surface area contributed by atoms with Gasteiger partial charge in [-0.15, -0.1) is 0 Å². The molecule has 0 spiro atoms. The molecule has 0 atom stereocenters. The van der Waals surface area contributed by atoms with Crippen LogP contribution in [0, 0.1) is 0 Å². The molecule has 0 saturated heterocycles. The van der Waals surface area contributed by atoms with Crippen molar-refractivity contribution in [2.75, 3.05) is 0 Å². The highest BCUT2D eigenvalue weighted by Crippen LogP contribution is 2.25. The Bertz CT molecular complexity index is 464. The molecule has 76 valence electrons. The summed E-state index contributed by atoms with van der Waals surface area (Å²) in [4.78, 5) is 14.0. The first-order valence-corrected chi connectivity index (χ1v) is 4.70. The minimum absolute atomic E-state index is 0.403. The summed E-state index contributed by atoms with van der Waals surface area (Å²) in [5, 5.41) is 11.0. The third-order valence-corrected chi connectivity index (χ3v) is 1.95. The first-order valence-electron chi connectivity index (χ1n) is 3.92. The summed E-state index contributed by atoms with van der Waals surface area (Å²) >= 11 is 10.3. The largest absolute Gasteiger partial charge is 0.478 e. The number of isothiocyanates is 1.